The average Bonchev–Trinajstić information content (AvgIpc) is 3.38. The summed E-state index contributed by atoms with van der Waals surface area (Å²) in [5, 5.41) is 10.8. The van der Waals surface area contributed by atoms with E-state index in [2.05, 4.69) is 4.98 Å². The quantitative estimate of drug-likeness (QED) is 0.558. The topological polar surface area (TPSA) is 101 Å². The molecular formula is C25H28N2O6. The highest BCUT2D eigenvalue weighted by atomic mass is 16.6. The number of aromatic nitrogens is 1. The van der Waals surface area contributed by atoms with E-state index in [1.165, 1.54) is 12.0 Å². The summed E-state index contributed by atoms with van der Waals surface area (Å²) in [6, 6.07) is 13.1. The van der Waals surface area contributed by atoms with Crippen molar-refractivity contribution in [3.05, 3.63) is 59.3 Å². The number of aromatic amines is 1. The van der Waals surface area contributed by atoms with Crippen LogP contribution in [-0.2, 0) is 16.1 Å². The number of H-pyrrole nitrogens is 1. The molecule has 1 aromatic heterocycles. The lowest BCUT2D eigenvalue weighted by Crippen LogP contribution is -2.36. The molecule has 1 aliphatic heterocycles. The second-order valence-corrected chi connectivity index (χ2v) is 9.02. The number of carbonyl (C=O) groups is 2. The van der Waals surface area contributed by atoms with Gasteiger partial charge in [0.05, 0.1) is 24.9 Å². The number of esters is 1. The Morgan fingerprint density at radius 3 is 2.55 bits per heavy atom. The number of fused-ring (bicyclic) bond motifs is 3. The maximum Gasteiger partial charge on any atom is 0.414 e. The van der Waals surface area contributed by atoms with Crippen molar-refractivity contribution in [2.24, 2.45) is 0 Å². The number of aliphatic hydroxyl groups excluding tert-OH is 1. The third-order valence-corrected chi connectivity index (χ3v) is 5.48. The van der Waals surface area contributed by atoms with Gasteiger partial charge in [0.2, 0.25) is 0 Å². The maximum absolute atomic E-state index is 13.0. The van der Waals surface area contributed by atoms with Gasteiger partial charge in [0.15, 0.2) is 0 Å². The van der Waals surface area contributed by atoms with E-state index < -0.39 is 17.7 Å². The summed E-state index contributed by atoms with van der Waals surface area (Å²) in [6.07, 6.45) is -0.503. The van der Waals surface area contributed by atoms with Crippen LogP contribution in [-0.4, -0.2) is 48.0 Å². The number of benzene rings is 2. The van der Waals surface area contributed by atoms with Crippen molar-refractivity contribution in [2.45, 2.75) is 38.9 Å². The van der Waals surface area contributed by atoms with Crippen LogP contribution in [0.3, 0.4) is 0 Å². The summed E-state index contributed by atoms with van der Waals surface area (Å²) >= 11 is 0. The average molecular weight is 453 g/mol. The lowest BCUT2D eigenvalue weighted by atomic mass is 9.98. The number of aliphatic hydroxyl groups is 1. The van der Waals surface area contributed by atoms with Crippen molar-refractivity contribution in [1.82, 2.24) is 4.98 Å². The Morgan fingerprint density at radius 2 is 1.91 bits per heavy atom. The first-order chi connectivity index (χ1) is 15.7. The Kier molecular flexibility index (Phi) is 6.03. The van der Waals surface area contributed by atoms with Gasteiger partial charge in [-0.3, -0.25) is 4.90 Å². The molecule has 2 N–H and O–H groups in total. The van der Waals surface area contributed by atoms with Crippen LogP contribution in [0, 0.1) is 0 Å². The summed E-state index contributed by atoms with van der Waals surface area (Å²) in [7, 11) is 1.31. The fourth-order valence-corrected chi connectivity index (χ4v) is 4.04. The van der Waals surface area contributed by atoms with E-state index in [-0.39, 0.29) is 24.8 Å². The van der Waals surface area contributed by atoms with Crippen molar-refractivity contribution >= 4 is 28.7 Å². The van der Waals surface area contributed by atoms with Gasteiger partial charge in [-0.25, -0.2) is 9.59 Å². The molecule has 4 rings (SSSR count). The zero-order valence-electron chi connectivity index (χ0n) is 19.2. The molecule has 33 heavy (non-hydrogen) atoms. The maximum atomic E-state index is 13.0. The number of nitrogens with one attached hydrogen (secondary N) is 1. The number of nitrogens with zero attached hydrogens (tertiary/aromatic N) is 1. The SMILES string of the molecule is COC(=O)c1cc2c3c(cc(OCc4ccccc4)c2[nH]1)N(C(=O)OC(C)(C)C)C[C@H]3CO. The number of ether oxygens (including phenoxy) is 3. The highest BCUT2D eigenvalue weighted by Crippen LogP contribution is 2.45. The minimum atomic E-state index is -0.669. The molecule has 174 valence electrons. The Hall–Kier alpha value is -3.52. The molecule has 0 fully saturated rings. The van der Waals surface area contributed by atoms with Gasteiger partial charge in [0, 0.05) is 23.9 Å². The molecule has 0 saturated carbocycles. The first-order valence-corrected chi connectivity index (χ1v) is 10.8. The molecule has 2 heterocycles. The first kappa shape index (κ1) is 22.7. The van der Waals surface area contributed by atoms with Gasteiger partial charge in [-0.15, -0.1) is 0 Å². The summed E-state index contributed by atoms with van der Waals surface area (Å²) in [4.78, 5) is 29.8. The van der Waals surface area contributed by atoms with Gasteiger partial charge in [-0.1, -0.05) is 30.3 Å². The van der Waals surface area contributed by atoms with Crippen molar-refractivity contribution in [3.63, 3.8) is 0 Å². The Bertz CT molecular complexity index is 1180. The highest BCUT2D eigenvalue weighted by Gasteiger charge is 2.37. The number of hydrogen-bond donors (Lipinski definition) is 2. The van der Waals surface area contributed by atoms with Gasteiger partial charge in [0.1, 0.15) is 23.7 Å². The lowest BCUT2D eigenvalue weighted by molar-refractivity contribution is 0.0576. The number of anilines is 1. The zero-order chi connectivity index (χ0) is 23.8. The monoisotopic (exact) mass is 452 g/mol. The second-order valence-electron chi connectivity index (χ2n) is 9.02. The normalized spacial score (nSPS) is 15.4. The smallest absolute Gasteiger partial charge is 0.414 e. The van der Waals surface area contributed by atoms with E-state index in [0.717, 1.165) is 11.1 Å². The third kappa shape index (κ3) is 4.52. The minimum absolute atomic E-state index is 0.162. The van der Waals surface area contributed by atoms with Gasteiger partial charge < -0.3 is 24.3 Å². The predicted molar refractivity (Wildman–Crippen MR) is 124 cm³/mol. The van der Waals surface area contributed by atoms with E-state index in [1.54, 1.807) is 32.9 Å². The molecular weight excluding hydrogens is 424 g/mol. The summed E-state index contributed by atoms with van der Waals surface area (Å²) in [6.45, 7) is 5.81. The van der Waals surface area contributed by atoms with Crippen LogP contribution in [0.25, 0.3) is 10.9 Å². The molecule has 0 radical (unpaired) electrons. The Labute approximate surface area is 192 Å². The van der Waals surface area contributed by atoms with E-state index in [4.69, 9.17) is 14.2 Å². The van der Waals surface area contributed by atoms with Crippen LogP contribution in [0.2, 0.25) is 0 Å². The van der Waals surface area contributed by atoms with E-state index >= 15 is 0 Å². The lowest BCUT2D eigenvalue weighted by Gasteiger charge is -2.25. The molecule has 0 spiro atoms. The van der Waals surface area contributed by atoms with Gasteiger partial charge >= 0.3 is 12.1 Å². The van der Waals surface area contributed by atoms with Crippen molar-refractivity contribution < 1.29 is 28.9 Å². The fourth-order valence-electron chi connectivity index (χ4n) is 4.04. The molecule has 0 aliphatic carbocycles. The molecule has 1 aliphatic rings. The van der Waals surface area contributed by atoms with Crippen molar-refractivity contribution in [1.29, 1.82) is 0 Å². The Balaban J connectivity index is 1.83. The molecule has 8 nitrogen and oxygen atoms in total. The summed E-state index contributed by atoms with van der Waals surface area (Å²) in [5.74, 6) is -0.370. The van der Waals surface area contributed by atoms with Crippen LogP contribution < -0.4 is 9.64 Å². The summed E-state index contributed by atoms with van der Waals surface area (Å²) in [5.41, 5.74) is 2.53. The molecule has 2 aromatic carbocycles. The largest absolute Gasteiger partial charge is 0.487 e. The summed E-state index contributed by atoms with van der Waals surface area (Å²) < 4.78 is 16.6. The highest BCUT2D eigenvalue weighted by molar-refractivity contribution is 6.04. The fraction of sp³-hybridized carbons (Fsp3) is 0.360. The zero-order valence-corrected chi connectivity index (χ0v) is 19.2. The molecule has 1 amide bonds. The number of rotatable bonds is 5. The molecule has 0 bridgehead atoms. The number of carbonyl (C=O) groups excluding carboxylic acids is 2. The molecule has 1 atom stereocenters. The van der Waals surface area contributed by atoms with Crippen molar-refractivity contribution in [3.8, 4) is 5.75 Å². The van der Waals surface area contributed by atoms with Gasteiger partial charge in [-0.2, -0.15) is 0 Å². The van der Waals surface area contributed by atoms with Crippen LogP contribution in [0.5, 0.6) is 5.75 Å². The molecule has 0 saturated heterocycles. The standard InChI is InChI=1S/C25H28N2O6/c1-25(2,3)33-24(30)27-12-16(13-28)21-17-10-18(23(29)31-4)26-22(17)20(11-19(21)27)32-14-15-8-6-5-7-9-15/h5-11,16,26,28H,12-14H2,1-4H3/t16-/m0/s1. The van der Waals surface area contributed by atoms with Gasteiger partial charge in [0.25, 0.3) is 0 Å². The van der Waals surface area contributed by atoms with Crippen LogP contribution in [0.15, 0.2) is 42.5 Å². The number of methoxy groups -OCH3 is 1. The van der Waals surface area contributed by atoms with Gasteiger partial charge in [-0.05, 0) is 38.0 Å². The van der Waals surface area contributed by atoms with E-state index in [1.807, 2.05) is 30.3 Å². The predicted octanol–water partition coefficient (Wildman–Crippen LogP) is 4.36. The van der Waals surface area contributed by atoms with Crippen LogP contribution >= 0.6 is 0 Å². The van der Waals surface area contributed by atoms with Crippen molar-refractivity contribution in [2.75, 3.05) is 25.2 Å². The second kappa shape index (κ2) is 8.78. The first-order valence-electron chi connectivity index (χ1n) is 10.8. The van der Waals surface area contributed by atoms with Crippen LogP contribution in [0.1, 0.15) is 48.3 Å². The van der Waals surface area contributed by atoms with E-state index in [9.17, 15) is 14.7 Å². The minimum Gasteiger partial charge on any atom is -0.487 e. The number of amides is 1. The third-order valence-electron chi connectivity index (χ3n) is 5.48. The molecule has 3 aromatic rings. The molecule has 0 unspecified atom stereocenters. The van der Waals surface area contributed by atoms with E-state index in [0.29, 0.717) is 28.9 Å². The van der Waals surface area contributed by atoms with Crippen LogP contribution in [0.4, 0.5) is 10.5 Å². The Morgan fingerprint density at radius 1 is 1.18 bits per heavy atom. The number of hydrogen-bond acceptors (Lipinski definition) is 6. The molecule has 8 heteroatoms.